The Labute approximate surface area is 87.2 Å². The van der Waals surface area contributed by atoms with E-state index in [-0.39, 0.29) is 5.97 Å². The van der Waals surface area contributed by atoms with Gasteiger partial charge in [0.1, 0.15) is 0 Å². The summed E-state index contributed by atoms with van der Waals surface area (Å²) in [5, 5.41) is 3.00. The molecule has 3 heteroatoms. The fraction of sp³-hybridized carbons (Fsp3) is 0.909. The Morgan fingerprint density at radius 2 is 2.21 bits per heavy atom. The summed E-state index contributed by atoms with van der Waals surface area (Å²) in [7, 11) is 1.88. The van der Waals surface area contributed by atoms with Gasteiger partial charge in [0, 0.05) is 6.42 Å². The standard InChI is InChI=1S/C11H23NO2/c1-4-6-10(2)9-14-11(13)7-5-8-12-3/h10,12H,4-9H2,1-3H3. The molecule has 3 nitrogen and oxygen atoms in total. The van der Waals surface area contributed by atoms with Gasteiger partial charge in [0.25, 0.3) is 0 Å². The molecule has 0 aliphatic rings. The predicted octanol–water partition coefficient (Wildman–Crippen LogP) is 1.97. The van der Waals surface area contributed by atoms with Gasteiger partial charge in [-0.1, -0.05) is 20.3 Å². The largest absolute Gasteiger partial charge is 0.465 e. The van der Waals surface area contributed by atoms with Gasteiger partial charge in [-0.2, -0.15) is 0 Å². The number of nitrogens with one attached hydrogen (secondary N) is 1. The maximum atomic E-state index is 11.2. The SMILES string of the molecule is CCCC(C)COC(=O)CCCNC. The number of hydrogen-bond donors (Lipinski definition) is 1. The van der Waals surface area contributed by atoms with E-state index in [0.29, 0.717) is 18.9 Å². The van der Waals surface area contributed by atoms with Crippen LogP contribution in [0.15, 0.2) is 0 Å². The molecule has 0 rings (SSSR count). The van der Waals surface area contributed by atoms with Crippen LogP contribution in [0.5, 0.6) is 0 Å². The first-order valence-electron chi connectivity index (χ1n) is 5.50. The van der Waals surface area contributed by atoms with Crippen LogP contribution in [-0.4, -0.2) is 26.2 Å². The van der Waals surface area contributed by atoms with E-state index in [0.717, 1.165) is 25.8 Å². The maximum Gasteiger partial charge on any atom is 0.305 e. The molecule has 0 saturated carbocycles. The molecule has 0 amide bonds. The first-order chi connectivity index (χ1) is 6.70. The smallest absolute Gasteiger partial charge is 0.305 e. The van der Waals surface area contributed by atoms with E-state index >= 15 is 0 Å². The van der Waals surface area contributed by atoms with Crippen LogP contribution in [0.25, 0.3) is 0 Å². The van der Waals surface area contributed by atoms with Crippen LogP contribution in [0.2, 0.25) is 0 Å². The molecule has 1 atom stereocenters. The average molecular weight is 201 g/mol. The van der Waals surface area contributed by atoms with Crippen LogP contribution in [0.1, 0.15) is 39.5 Å². The zero-order chi connectivity index (χ0) is 10.8. The van der Waals surface area contributed by atoms with Gasteiger partial charge in [-0.3, -0.25) is 4.79 Å². The number of hydrogen-bond acceptors (Lipinski definition) is 3. The lowest BCUT2D eigenvalue weighted by Crippen LogP contribution is -2.14. The summed E-state index contributed by atoms with van der Waals surface area (Å²) in [6.07, 6.45) is 3.67. The van der Waals surface area contributed by atoms with Crippen LogP contribution in [0.4, 0.5) is 0 Å². The Kier molecular flexibility index (Phi) is 8.64. The second kappa shape index (κ2) is 9.00. The minimum Gasteiger partial charge on any atom is -0.465 e. The fourth-order valence-electron chi connectivity index (χ4n) is 1.29. The number of rotatable bonds is 8. The van der Waals surface area contributed by atoms with Crippen LogP contribution in [0.3, 0.4) is 0 Å². The maximum absolute atomic E-state index is 11.2. The molecule has 1 N–H and O–H groups in total. The van der Waals surface area contributed by atoms with E-state index in [4.69, 9.17) is 4.74 Å². The first kappa shape index (κ1) is 13.4. The van der Waals surface area contributed by atoms with Crippen molar-refractivity contribution < 1.29 is 9.53 Å². The number of carbonyl (C=O) groups is 1. The van der Waals surface area contributed by atoms with E-state index in [9.17, 15) is 4.79 Å². The third-order valence-corrected chi connectivity index (χ3v) is 2.12. The molecule has 84 valence electrons. The van der Waals surface area contributed by atoms with Gasteiger partial charge in [0.2, 0.25) is 0 Å². The third kappa shape index (κ3) is 8.05. The monoisotopic (exact) mass is 201 g/mol. The molecule has 0 spiro atoms. The van der Waals surface area contributed by atoms with Crippen molar-refractivity contribution in [2.45, 2.75) is 39.5 Å². The van der Waals surface area contributed by atoms with Gasteiger partial charge in [0.05, 0.1) is 6.61 Å². The van der Waals surface area contributed by atoms with Crippen molar-refractivity contribution in [2.75, 3.05) is 20.2 Å². The fourth-order valence-corrected chi connectivity index (χ4v) is 1.29. The second-order valence-electron chi connectivity index (χ2n) is 3.78. The highest BCUT2D eigenvalue weighted by Gasteiger charge is 2.05. The molecule has 0 aromatic heterocycles. The van der Waals surface area contributed by atoms with E-state index in [1.807, 2.05) is 7.05 Å². The normalized spacial score (nSPS) is 12.5. The summed E-state index contributed by atoms with van der Waals surface area (Å²) in [5.41, 5.74) is 0. The Morgan fingerprint density at radius 1 is 1.50 bits per heavy atom. The van der Waals surface area contributed by atoms with Crippen molar-refractivity contribution >= 4 is 5.97 Å². The molecule has 0 aliphatic carbocycles. The highest BCUT2D eigenvalue weighted by atomic mass is 16.5. The number of carbonyl (C=O) groups excluding carboxylic acids is 1. The summed E-state index contributed by atoms with van der Waals surface area (Å²) in [6, 6.07) is 0. The molecule has 0 aromatic carbocycles. The number of ether oxygens (including phenoxy) is 1. The molecule has 1 unspecified atom stereocenters. The Hall–Kier alpha value is -0.570. The van der Waals surface area contributed by atoms with Gasteiger partial charge < -0.3 is 10.1 Å². The van der Waals surface area contributed by atoms with Crippen LogP contribution >= 0.6 is 0 Å². The molecular weight excluding hydrogens is 178 g/mol. The van der Waals surface area contributed by atoms with Crippen molar-refractivity contribution in [1.82, 2.24) is 5.32 Å². The van der Waals surface area contributed by atoms with Crippen molar-refractivity contribution in [3.05, 3.63) is 0 Å². The molecule has 0 aromatic rings. The number of esters is 1. The molecule has 0 aliphatic heterocycles. The van der Waals surface area contributed by atoms with Gasteiger partial charge in [0.15, 0.2) is 0 Å². The lowest BCUT2D eigenvalue weighted by molar-refractivity contribution is -0.145. The van der Waals surface area contributed by atoms with Crippen molar-refractivity contribution in [1.29, 1.82) is 0 Å². The Balaban J connectivity index is 3.34. The van der Waals surface area contributed by atoms with Crippen LogP contribution in [0, 0.1) is 5.92 Å². The lowest BCUT2D eigenvalue weighted by Gasteiger charge is -2.10. The minimum atomic E-state index is -0.0665. The molecule has 0 radical (unpaired) electrons. The van der Waals surface area contributed by atoms with Crippen LogP contribution in [-0.2, 0) is 9.53 Å². The zero-order valence-corrected chi connectivity index (χ0v) is 9.64. The Morgan fingerprint density at radius 3 is 2.79 bits per heavy atom. The molecule has 0 fully saturated rings. The predicted molar refractivity (Wildman–Crippen MR) is 58.2 cm³/mol. The molecule has 0 heterocycles. The topological polar surface area (TPSA) is 38.3 Å². The first-order valence-corrected chi connectivity index (χ1v) is 5.50. The van der Waals surface area contributed by atoms with Gasteiger partial charge in [-0.05, 0) is 32.4 Å². The third-order valence-electron chi connectivity index (χ3n) is 2.12. The summed E-state index contributed by atoms with van der Waals surface area (Å²) >= 11 is 0. The summed E-state index contributed by atoms with van der Waals surface area (Å²) in [5.74, 6) is 0.427. The van der Waals surface area contributed by atoms with Crippen LogP contribution < -0.4 is 5.32 Å². The van der Waals surface area contributed by atoms with E-state index in [2.05, 4.69) is 19.2 Å². The second-order valence-corrected chi connectivity index (χ2v) is 3.78. The molecule has 0 bridgehead atoms. The quantitative estimate of drug-likeness (QED) is 0.482. The van der Waals surface area contributed by atoms with E-state index < -0.39 is 0 Å². The summed E-state index contributed by atoms with van der Waals surface area (Å²) in [6.45, 7) is 5.71. The average Bonchev–Trinajstić information content (AvgIpc) is 2.16. The van der Waals surface area contributed by atoms with Crippen molar-refractivity contribution in [2.24, 2.45) is 5.92 Å². The summed E-state index contributed by atoms with van der Waals surface area (Å²) < 4.78 is 5.14. The van der Waals surface area contributed by atoms with Gasteiger partial charge >= 0.3 is 5.97 Å². The molecular formula is C11H23NO2. The zero-order valence-electron chi connectivity index (χ0n) is 9.64. The highest BCUT2D eigenvalue weighted by Crippen LogP contribution is 2.05. The van der Waals surface area contributed by atoms with Crippen molar-refractivity contribution in [3.8, 4) is 0 Å². The molecule has 14 heavy (non-hydrogen) atoms. The highest BCUT2D eigenvalue weighted by molar-refractivity contribution is 5.69. The van der Waals surface area contributed by atoms with Crippen molar-refractivity contribution in [3.63, 3.8) is 0 Å². The van der Waals surface area contributed by atoms with E-state index in [1.165, 1.54) is 0 Å². The minimum absolute atomic E-state index is 0.0665. The van der Waals surface area contributed by atoms with Gasteiger partial charge in [-0.25, -0.2) is 0 Å². The summed E-state index contributed by atoms with van der Waals surface area (Å²) in [4.78, 5) is 11.2. The van der Waals surface area contributed by atoms with E-state index in [1.54, 1.807) is 0 Å². The lowest BCUT2D eigenvalue weighted by atomic mass is 10.1. The Bertz CT molecular complexity index is 148. The van der Waals surface area contributed by atoms with Gasteiger partial charge in [-0.15, -0.1) is 0 Å². The molecule has 0 saturated heterocycles.